The Balaban J connectivity index is 1.49. The topological polar surface area (TPSA) is 52.6 Å². The van der Waals surface area contributed by atoms with Gasteiger partial charge in [0.1, 0.15) is 6.10 Å². The number of hydrogen-bond acceptors (Lipinski definition) is 4. The summed E-state index contributed by atoms with van der Waals surface area (Å²) in [6, 6.07) is 0. The third-order valence-electron chi connectivity index (χ3n) is 10.2. The van der Waals surface area contributed by atoms with Crippen LogP contribution in [0.2, 0.25) is 0 Å². The normalized spacial score (nSPS) is 44.5. The van der Waals surface area contributed by atoms with Crippen molar-refractivity contribution in [2.24, 2.45) is 46.3 Å². The van der Waals surface area contributed by atoms with Gasteiger partial charge in [0.2, 0.25) is 0 Å². The SMILES string of the molecule is COC(=O)CC[C@H](C)[C@@H]1CC[C@@H]2[C@@H]3C=C[C@@H]4C[C@H](OC(C)=O)CC[C@]4(C)[C@H]3CC[C@]21C. The van der Waals surface area contributed by atoms with Crippen LogP contribution in [0, 0.1) is 46.3 Å². The van der Waals surface area contributed by atoms with Gasteiger partial charge in [-0.2, -0.15) is 0 Å². The zero-order chi connectivity index (χ0) is 22.4. The first-order valence-corrected chi connectivity index (χ1v) is 12.6. The van der Waals surface area contributed by atoms with E-state index in [1.54, 1.807) is 0 Å². The van der Waals surface area contributed by atoms with Crippen molar-refractivity contribution in [1.29, 1.82) is 0 Å². The highest BCUT2D eigenvalue weighted by molar-refractivity contribution is 5.69. The molecule has 0 aromatic rings. The number of allylic oxidation sites excluding steroid dienone is 2. The lowest BCUT2D eigenvalue weighted by Gasteiger charge is -2.59. The Morgan fingerprint density at radius 1 is 1.03 bits per heavy atom. The van der Waals surface area contributed by atoms with Crippen LogP contribution in [0.25, 0.3) is 0 Å². The molecular formula is C27H42O4. The van der Waals surface area contributed by atoms with E-state index in [2.05, 4.69) is 32.9 Å². The molecule has 3 fully saturated rings. The lowest BCUT2D eigenvalue weighted by atomic mass is 9.46. The Labute approximate surface area is 188 Å². The van der Waals surface area contributed by atoms with Gasteiger partial charge in [0.05, 0.1) is 7.11 Å². The third-order valence-corrected chi connectivity index (χ3v) is 10.2. The van der Waals surface area contributed by atoms with E-state index in [1.807, 2.05) is 0 Å². The van der Waals surface area contributed by atoms with E-state index in [1.165, 1.54) is 46.1 Å². The summed E-state index contributed by atoms with van der Waals surface area (Å²) in [4.78, 5) is 23.1. The Hall–Kier alpha value is -1.32. The zero-order valence-corrected chi connectivity index (χ0v) is 20.2. The molecule has 174 valence electrons. The average molecular weight is 431 g/mol. The van der Waals surface area contributed by atoms with E-state index in [0.717, 1.165) is 31.1 Å². The molecular weight excluding hydrogens is 388 g/mol. The number of hydrogen-bond donors (Lipinski definition) is 0. The third kappa shape index (κ3) is 3.97. The molecule has 9 atom stereocenters. The van der Waals surface area contributed by atoms with Crippen LogP contribution in [0.5, 0.6) is 0 Å². The lowest BCUT2D eigenvalue weighted by molar-refractivity contribution is -0.153. The summed E-state index contributed by atoms with van der Waals surface area (Å²) in [6.07, 6.45) is 15.1. The minimum Gasteiger partial charge on any atom is -0.469 e. The molecule has 0 heterocycles. The Morgan fingerprint density at radius 3 is 2.45 bits per heavy atom. The summed E-state index contributed by atoms with van der Waals surface area (Å²) in [5.41, 5.74) is 0.727. The molecule has 0 aromatic heterocycles. The Morgan fingerprint density at radius 2 is 1.74 bits per heavy atom. The molecule has 0 saturated heterocycles. The van der Waals surface area contributed by atoms with E-state index < -0.39 is 0 Å². The molecule has 0 N–H and O–H groups in total. The van der Waals surface area contributed by atoms with Gasteiger partial charge < -0.3 is 9.47 Å². The van der Waals surface area contributed by atoms with Gasteiger partial charge in [-0.05, 0) is 97.7 Å². The monoisotopic (exact) mass is 430 g/mol. The van der Waals surface area contributed by atoms with Crippen LogP contribution in [-0.4, -0.2) is 25.2 Å². The Bertz CT molecular complexity index is 729. The van der Waals surface area contributed by atoms with E-state index in [9.17, 15) is 9.59 Å². The summed E-state index contributed by atoms with van der Waals surface area (Å²) in [6.45, 7) is 8.97. The molecule has 4 heteroatoms. The molecule has 0 spiro atoms. The van der Waals surface area contributed by atoms with Gasteiger partial charge in [-0.25, -0.2) is 0 Å². The van der Waals surface area contributed by atoms with Crippen molar-refractivity contribution in [3.63, 3.8) is 0 Å². The van der Waals surface area contributed by atoms with Gasteiger partial charge in [0.15, 0.2) is 0 Å². The molecule has 0 unspecified atom stereocenters. The fourth-order valence-electron chi connectivity index (χ4n) is 8.55. The summed E-state index contributed by atoms with van der Waals surface area (Å²) in [5.74, 6) is 3.80. The predicted octanol–water partition coefficient (Wildman–Crippen LogP) is 5.94. The fraction of sp³-hybridized carbons (Fsp3) is 0.852. The molecule has 4 nitrogen and oxygen atoms in total. The molecule has 0 amide bonds. The van der Waals surface area contributed by atoms with Gasteiger partial charge in [0, 0.05) is 13.3 Å². The first kappa shape index (κ1) is 22.9. The zero-order valence-electron chi connectivity index (χ0n) is 20.2. The van der Waals surface area contributed by atoms with Crippen molar-refractivity contribution in [2.75, 3.05) is 7.11 Å². The van der Waals surface area contributed by atoms with Gasteiger partial charge in [-0.1, -0.05) is 32.9 Å². The fourth-order valence-corrected chi connectivity index (χ4v) is 8.55. The quantitative estimate of drug-likeness (QED) is 0.400. The van der Waals surface area contributed by atoms with Crippen molar-refractivity contribution in [3.8, 4) is 0 Å². The number of rotatable bonds is 5. The van der Waals surface area contributed by atoms with Crippen molar-refractivity contribution in [3.05, 3.63) is 12.2 Å². The minimum absolute atomic E-state index is 0.0752. The second kappa shape index (κ2) is 8.56. The summed E-state index contributed by atoms with van der Waals surface area (Å²) in [5, 5.41) is 0. The van der Waals surface area contributed by atoms with Crippen molar-refractivity contribution in [2.45, 2.75) is 91.6 Å². The maximum Gasteiger partial charge on any atom is 0.305 e. The standard InChI is InChI=1S/C27H42O4/c1-17(6-11-25(29)30-5)22-9-10-23-21-8-7-19-16-20(31-18(2)28)12-14-26(19,3)24(21)13-15-27(22,23)4/h7-8,17,19-24H,6,9-16H2,1-5H3/t17-,19+,20+,21-,22-,23+,24-,26-,27-/m0/s1. The van der Waals surface area contributed by atoms with Crippen molar-refractivity contribution < 1.29 is 19.1 Å². The number of carbonyl (C=O) groups is 2. The molecule has 4 aliphatic carbocycles. The van der Waals surface area contributed by atoms with Crippen molar-refractivity contribution in [1.82, 2.24) is 0 Å². The summed E-state index contributed by atoms with van der Waals surface area (Å²) in [7, 11) is 1.49. The number of fused-ring (bicyclic) bond motifs is 5. The molecule has 4 rings (SSSR count). The number of methoxy groups -OCH3 is 1. The molecule has 0 bridgehead atoms. The van der Waals surface area contributed by atoms with Gasteiger partial charge in [-0.3, -0.25) is 9.59 Å². The maximum absolute atomic E-state index is 11.7. The first-order valence-electron chi connectivity index (χ1n) is 12.6. The number of ether oxygens (including phenoxy) is 2. The maximum atomic E-state index is 11.7. The van der Waals surface area contributed by atoms with E-state index >= 15 is 0 Å². The molecule has 31 heavy (non-hydrogen) atoms. The van der Waals surface area contributed by atoms with Gasteiger partial charge >= 0.3 is 11.9 Å². The van der Waals surface area contributed by atoms with Crippen LogP contribution in [0.1, 0.15) is 85.5 Å². The largest absolute Gasteiger partial charge is 0.469 e. The van der Waals surface area contributed by atoms with Crippen LogP contribution >= 0.6 is 0 Å². The van der Waals surface area contributed by atoms with Crippen LogP contribution in [0.15, 0.2) is 12.2 Å². The summed E-state index contributed by atoms with van der Waals surface area (Å²) < 4.78 is 10.5. The number of carbonyl (C=O) groups excluding carboxylic acids is 2. The smallest absolute Gasteiger partial charge is 0.305 e. The highest BCUT2D eigenvalue weighted by atomic mass is 16.5. The highest BCUT2D eigenvalue weighted by Crippen LogP contribution is 2.67. The van der Waals surface area contributed by atoms with Crippen LogP contribution in [0.3, 0.4) is 0 Å². The van der Waals surface area contributed by atoms with E-state index in [4.69, 9.17) is 9.47 Å². The molecule has 3 saturated carbocycles. The van der Waals surface area contributed by atoms with Crippen LogP contribution < -0.4 is 0 Å². The first-order chi connectivity index (χ1) is 14.7. The van der Waals surface area contributed by atoms with Gasteiger partial charge in [-0.15, -0.1) is 0 Å². The predicted molar refractivity (Wildman–Crippen MR) is 121 cm³/mol. The van der Waals surface area contributed by atoms with Crippen LogP contribution in [0.4, 0.5) is 0 Å². The summed E-state index contributed by atoms with van der Waals surface area (Å²) >= 11 is 0. The van der Waals surface area contributed by atoms with Crippen LogP contribution in [-0.2, 0) is 19.1 Å². The molecule has 0 aliphatic heterocycles. The average Bonchev–Trinajstić information content (AvgIpc) is 3.09. The van der Waals surface area contributed by atoms with E-state index in [-0.39, 0.29) is 18.0 Å². The molecule has 4 aliphatic rings. The minimum atomic E-state index is -0.141. The molecule has 0 aromatic carbocycles. The second-order valence-electron chi connectivity index (χ2n) is 11.6. The van der Waals surface area contributed by atoms with E-state index in [0.29, 0.717) is 40.9 Å². The second-order valence-corrected chi connectivity index (χ2v) is 11.6. The highest BCUT2D eigenvalue weighted by Gasteiger charge is 2.59. The number of esters is 2. The van der Waals surface area contributed by atoms with Crippen molar-refractivity contribution >= 4 is 11.9 Å². The Kier molecular flexibility index (Phi) is 6.31. The van der Waals surface area contributed by atoms with Gasteiger partial charge in [0.25, 0.3) is 0 Å². The lowest BCUT2D eigenvalue weighted by Crippen LogP contribution is -2.52. The molecule has 0 radical (unpaired) electrons.